The Kier molecular flexibility index (Phi) is 6.84. The SMILES string of the molecule is CCN(C)C(=O)C(C)NCC(=O)NC1CCCCC1. The Balaban J connectivity index is 2.23. The highest BCUT2D eigenvalue weighted by molar-refractivity contribution is 5.83. The van der Waals surface area contributed by atoms with Crippen molar-refractivity contribution in [2.75, 3.05) is 20.1 Å². The van der Waals surface area contributed by atoms with E-state index in [-0.39, 0.29) is 24.4 Å². The topological polar surface area (TPSA) is 61.4 Å². The maximum absolute atomic E-state index is 11.8. The van der Waals surface area contributed by atoms with Crippen LogP contribution in [0.25, 0.3) is 0 Å². The molecule has 110 valence electrons. The second kappa shape index (κ2) is 8.15. The van der Waals surface area contributed by atoms with Crippen molar-refractivity contribution in [3.05, 3.63) is 0 Å². The van der Waals surface area contributed by atoms with Crippen LogP contribution in [0.15, 0.2) is 0 Å². The third-order valence-corrected chi connectivity index (χ3v) is 3.76. The number of nitrogens with one attached hydrogen (secondary N) is 2. The maximum Gasteiger partial charge on any atom is 0.239 e. The highest BCUT2D eigenvalue weighted by Gasteiger charge is 2.18. The molecule has 5 heteroatoms. The first-order chi connectivity index (χ1) is 9.04. The van der Waals surface area contributed by atoms with E-state index in [2.05, 4.69) is 10.6 Å². The van der Waals surface area contributed by atoms with E-state index in [0.29, 0.717) is 12.6 Å². The van der Waals surface area contributed by atoms with Crippen LogP contribution in [-0.4, -0.2) is 48.9 Å². The number of nitrogens with zero attached hydrogens (tertiary/aromatic N) is 1. The van der Waals surface area contributed by atoms with Gasteiger partial charge in [-0.3, -0.25) is 14.9 Å². The minimum Gasteiger partial charge on any atom is -0.352 e. The van der Waals surface area contributed by atoms with Gasteiger partial charge in [0.05, 0.1) is 12.6 Å². The van der Waals surface area contributed by atoms with Crippen molar-refractivity contribution in [1.29, 1.82) is 0 Å². The van der Waals surface area contributed by atoms with E-state index in [4.69, 9.17) is 0 Å². The van der Waals surface area contributed by atoms with Crippen molar-refractivity contribution >= 4 is 11.8 Å². The summed E-state index contributed by atoms with van der Waals surface area (Å²) in [4.78, 5) is 25.2. The molecule has 0 radical (unpaired) electrons. The summed E-state index contributed by atoms with van der Waals surface area (Å²) < 4.78 is 0. The molecule has 1 aliphatic carbocycles. The molecule has 0 aliphatic heterocycles. The zero-order chi connectivity index (χ0) is 14.3. The number of hydrogen-bond acceptors (Lipinski definition) is 3. The summed E-state index contributed by atoms with van der Waals surface area (Å²) in [5.74, 6) is 0.0127. The van der Waals surface area contributed by atoms with Crippen molar-refractivity contribution in [2.24, 2.45) is 0 Å². The zero-order valence-electron chi connectivity index (χ0n) is 12.4. The highest BCUT2D eigenvalue weighted by atomic mass is 16.2. The van der Waals surface area contributed by atoms with Gasteiger partial charge in [-0.25, -0.2) is 0 Å². The number of likely N-dealkylation sites (N-methyl/N-ethyl adjacent to an activating group) is 1. The molecular formula is C14H27N3O2. The van der Waals surface area contributed by atoms with E-state index in [1.807, 2.05) is 6.92 Å². The third-order valence-electron chi connectivity index (χ3n) is 3.76. The van der Waals surface area contributed by atoms with Crippen molar-refractivity contribution in [3.8, 4) is 0 Å². The Bertz CT molecular complexity index is 301. The molecule has 0 aromatic rings. The third kappa shape index (κ3) is 5.59. The van der Waals surface area contributed by atoms with Gasteiger partial charge in [0.1, 0.15) is 0 Å². The smallest absolute Gasteiger partial charge is 0.239 e. The van der Waals surface area contributed by atoms with Gasteiger partial charge in [-0.2, -0.15) is 0 Å². The minimum atomic E-state index is -0.318. The van der Waals surface area contributed by atoms with Gasteiger partial charge in [-0.15, -0.1) is 0 Å². The summed E-state index contributed by atoms with van der Waals surface area (Å²) in [5.41, 5.74) is 0. The molecule has 1 aliphatic rings. The highest BCUT2D eigenvalue weighted by Crippen LogP contribution is 2.17. The van der Waals surface area contributed by atoms with Crippen LogP contribution >= 0.6 is 0 Å². The van der Waals surface area contributed by atoms with Crippen molar-refractivity contribution in [3.63, 3.8) is 0 Å². The molecule has 19 heavy (non-hydrogen) atoms. The second-order valence-electron chi connectivity index (χ2n) is 5.36. The Hall–Kier alpha value is -1.10. The largest absolute Gasteiger partial charge is 0.352 e. The molecule has 1 saturated carbocycles. The predicted octanol–water partition coefficient (Wildman–Crippen LogP) is 0.892. The Morgan fingerprint density at radius 1 is 1.26 bits per heavy atom. The van der Waals surface area contributed by atoms with E-state index in [0.717, 1.165) is 12.8 Å². The van der Waals surface area contributed by atoms with Crippen LogP contribution in [0.3, 0.4) is 0 Å². The van der Waals surface area contributed by atoms with E-state index >= 15 is 0 Å². The predicted molar refractivity (Wildman–Crippen MR) is 75.8 cm³/mol. The van der Waals surface area contributed by atoms with Gasteiger partial charge in [0.25, 0.3) is 0 Å². The number of amides is 2. The molecule has 1 unspecified atom stereocenters. The Labute approximate surface area is 116 Å². The van der Waals surface area contributed by atoms with Gasteiger partial charge in [-0.05, 0) is 26.7 Å². The molecule has 0 aromatic heterocycles. The molecule has 1 rings (SSSR count). The maximum atomic E-state index is 11.8. The summed E-state index contributed by atoms with van der Waals surface area (Å²) in [6, 6.07) is 0.00873. The fraction of sp³-hybridized carbons (Fsp3) is 0.857. The first-order valence-corrected chi connectivity index (χ1v) is 7.32. The minimum absolute atomic E-state index is 0.00861. The molecule has 1 fully saturated rings. The number of rotatable bonds is 6. The van der Waals surface area contributed by atoms with Gasteiger partial charge in [-0.1, -0.05) is 19.3 Å². The van der Waals surface area contributed by atoms with E-state index in [9.17, 15) is 9.59 Å². The van der Waals surface area contributed by atoms with Crippen LogP contribution in [0.1, 0.15) is 46.0 Å². The van der Waals surface area contributed by atoms with Crippen molar-refractivity contribution in [1.82, 2.24) is 15.5 Å². The van der Waals surface area contributed by atoms with Crippen LogP contribution < -0.4 is 10.6 Å². The number of carbonyl (C=O) groups excluding carboxylic acids is 2. The Morgan fingerprint density at radius 3 is 2.47 bits per heavy atom. The van der Waals surface area contributed by atoms with Crippen LogP contribution in [-0.2, 0) is 9.59 Å². The zero-order valence-corrected chi connectivity index (χ0v) is 12.4. The average Bonchev–Trinajstić information content (AvgIpc) is 2.44. The van der Waals surface area contributed by atoms with Gasteiger partial charge in [0.2, 0.25) is 11.8 Å². The number of hydrogen-bond donors (Lipinski definition) is 2. The summed E-state index contributed by atoms with van der Waals surface area (Å²) in [5, 5.41) is 6.01. The first-order valence-electron chi connectivity index (χ1n) is 7.32. The molecule has 0 spiro atoms. The lowest BCUT2D eigenvalue weighted by atomic mass is 9.95. The van der Waals surface area contributed by atoms with Gasteiger partial charge in [0.15, 0.2) is 0 Å². The second-order valence-corrected chi connectivity index (χ2v) is 5.36. The molecule has 0 saturated heterocycles. The van der Waals surface area contributed by atoms with Gasteiger partial charge < -0.3 is 10.2 Å². The lowest BCUT2D eigenvalue weighted by molar-refractivity contribution is -0.131. The molecule has 1 atom stereocenters. The van der Waals surface area contributed by atoms with E-state index in [1.54, 1.807) is 18.9 Å². The fourth-order valence-corrected chi connectivity index (χ4v) is 2.35. The molecular weight excluding hydrogens is 242 g/mol. The van der Waals surface area contributed by atoms with Gasteiger partial charge in [0, 0.05) is 19.6 Å². The summed E-state index contributed by atoms with van der Waals surface area (Å²) >= 11 is 0. The Morgan fingerprint density at radius 2 is 1.89 bits per heavy atom. The monoisotopic (exact) mass is 269 g/mol. The fourth-order valence-electron chi connectivity index (χ4n) is 2.35. The summed E-state index contributed by atoms with van der Waals surface area (Å²) in [7, 11) is 1.77. The normalized spacial score (nSPS) is 17.8. The van der Waals surface area contributed by atoms with Crippen molar-refractivity contribution < 1.29 is 9.59 Å². The standard InChI is InChI=1S/C14H27N3O2/c1-4-17(3)14(19)11(2)15-10-13(18)16-12-8-6-5-7-9-12/h11-12,15H,4-10H2,1-3H3,(H,16,18). The van der Waals surface area contributed by atoms with Crippen LogP contribution in [0, 0.1) is 0 Å². The van der Waals surface area contributed by atoms with Gasteiger partial charge >= 0.3 is 0 Å². The molecule has 5 nitrogen and oxygen atoms in total. The van der Waals surface area contributed by atoms with Crippen molar-refractivity contribution in [2.45, 2.75) is 58.0 Å². The molecule has 0 bridgehead atoms. The summed E-state index contributed by atoms with van der Waals surface area (Å²) in [6.45, 7) is 4.61. The molecule has 0 aromatic carbocycles. The molecule has 2 amide bonds. The van der Waals surface area contributed by atoms with Crippen LogP contribution in [0.4, 0.5) is 0 Å². The quantitative estimate of drug-likeness (QED) is 0.753. The van der Waals surface area contributed by atoms with Crippen LogP contribution in [0.2, 0.25) is 0 Å². The molecule has 0 heterocycles. The lowest BCUT2D eigenvalue weighted by Gasteiger charge is -2.24. The average molecular weight is 269 g/mol. The number of carbonyl (C=O) groups is 2. The summed E-state index contributed by atoms with van der Waals surface area (Å²) in [6.07, 6.45) is 5.85. The van der Waals surface area contributed by atoms with E-state index in [1.165, 1.54) is 19.3 Å². The lowest BCUT2D eigenvalue weighted by Crippen LogP contribution is -2.48. The first kappa shape index (κ1) is 16.0. The van der Waals surface area contributed by atoms with E-state index < -0.39 is 0 Å². The molecule has 2 N–H and O–H groups in total. The van der Waals surface area contributed by atoms with Crippen LogP contribution in [0.5, 0.6) is 0 Å².